The van der Waals surface area contributed by atoms with Gasteiger partial charge in [-0.15, -0.1) is 11.3 Å². The van der Waals surface area contributed by atoms with E-state index >= 15 is 0 Å². The minimum atomic E-state index is -1.54. The van der Waals surface area contributed by atoms with E-state index in [0.29, 0.717) is 11.7 Å². The quantitative estimate of drug-likeness (QED) is 0.0939. The van der Waals surface area contributed by atoms with Crippen molar-refractivity contribution in [2.75, 3.05) is 19.0 Å². The van der Waals surface area contributed by atoms with Gasteiger partial charge in [-0.1, -0.05) is 77.1 Å². The fourth-order valence-corrected chi connectivity index (χ4v) is 9.10. The Bertz CT molecular complexity index is 2000. The fraction of sp³-hybridized carbons (Fsp3) is 0.548. The molecule has 4 fully saturated rings. The van der Waals surface area contributed by atoms with Gasteiger partial charge in [-0.05, 0) is 80.9 Å². The number of esters is 1. The maximum Gasteiger partial charge on any atom is 0.489 e. The van der Waals surface area contributed by atoms with E-state index in [0.717, 1.165) is 29.7 Å². The first kappa shape index (κ1) is 42.9. The lowest BCUT2D eigenvalue weighted by Gasteiger charge is -2.64. The molecule has 2 aromatic carbocycles. The molecule has 3 aliphatic carbocycles. The van der Waals surface area contributed by atoms with Crippen LogP contribution in [0.25, 0.3) is 0 Å². The molecule has 14 nitrogen and oxygen atoms in total. The number of nitrogens with zero attached hydrogens (tertiary/aromatic N) is 1. The Labute approximate surface area is 344 Å². The van der Waals surface area contributed by atoms with Gasteiger partial charge in [-0.2, -0.15) is 0 Å². The van der Waals surface area contributed by atoms with E-state index in [1.807, 2.05) is 51.1 Å². The summed E-state index contributed by atoms with van der Waals surface area (Å²) in [6.07, 6.45) is -0.134. The summed E-state index contributed by atoms with van der Waals surface area (Å²) < 4.78 is 36.3. The SMILES string of the molecule is COc1ccccc1C(=O)OC[C@@](NC(=O)C(NC(=O)OC(C)(C)C)c1csc(NC(=O)OCc2ccccc2)n1)(B1OC2C[C@H]3C[C@@H](C3(C)C)[C@]2(C)O1)C(C)(C)C. The van der Waals surface area contributed by atoms with Crippen LogP contribution < -0.4 is 20.7 Å². The molecule has 16 heteroatoms. The molecular formula is C42H55BN4O10S. The number of rotatable bonds is 12. The summed E-state index contributed by atoms with van der Waals surface area (Å²) in [5, 5.41) is 10.1. The number of benzene rings is 2. The summed E-state index contributed by atoms with van der Waals surface area (Å²) in [5.41, 5.74) is -2.88. The third-order valence-corrected chi connectivity index (χ3v) is 12.7. The molecule has 1 saturated heterocycles. The van der Waals surface area contributed by atoms with E-state index in [-0.39, 0.29) is 47.0 Å². The highest BCUT2D eigenvalue weighted by Gasteiger charge is 2.72. The standard InChI is InChI=1S/C42H55BN4O10S/c1-38(2,3)42(24-54-34(49)27-18-14-15-19-29(27)52-10,43-56-31-21-26-20-30(40(26,7)8)41(31,9)57-43)47-33(48)32(45-37(51)55-39(4,5)6)28-23-58-35(44-28)46-36(50)53-22-25-16-12-11-13-17-25/h11-19,23,26,30-32H,20-22,24H2,1-10H3,(H,45,51)(H,47,48)(H,44,46,50)/t26-,30+,31?,32?,41+,42+/m1/s1. The minimum Gasteiger partial charge on any atom is -0.496 e. The molecule has 3 saturated carbocycles. The van der Waals surface area contributed by atoms with Crippen LogP contribution in [0.15, 0.2) is 60.0 Å². The average Bonchev–Trinajstić information content (AvgIpc) is 3.77. The van der Waals surface area contributed by atoms with Crippen LogP contribution in [0.1, 0.15) is 103 Å². The van der Waals surface area contributed by atoms with Gasteiger partial charge in [0.05, 0.1) is 24.5 Å². The second-order valence-electron chi connectivity index (χ2n) is 18.1. The third-order valence-electron chi connectivity index (χ3n) is 12.0. The van der Waals surface area contributed by atoms with Gasteiger partial charge in [0.2, 0.25) is 5.91 Å². The number of methoxy groups -OCH3 is 1. The van der Waals surface area contributed by atoms with Crippen molar-refractivity contribution in [2.45, 2.75) is 111 Å². The Hall–Kier alpha value is -4.67. The number of nitrogens with one attached hydrogen (secondary N) is 3. The number of alkyl carbamates (subject to hydrolysis) is 1. The topological polar surface area (TPSA) is 173 Å². The molecule has 6 atom stereocenters. The fourth-order valence-electron chi connectivity index (χ4n) is 8.38. The van der Waals surface area contributed by atoms with Crippen LogP contribution in [0.3, 0.4) is 0 Å². The molecule has 58 heavy (non-hydrogen) atoms. The first-order chi connectivity index (χ1) is 27.2. The van der Waals surface area contributed by atoms with E-state index in [1.54, 1.807) is 50.4 Å². The minimum absolute atomic E-state index is 0.0280. The van der Waals surface area contributed by atoms with Gasteiger partial charge in [0.15, 0.2) is 11.2 Å². The number of carbonyl (C=O) groups is 4. The largest absolute Gasteiger partial charge is 0.496 e. The predicted octanol–water partition coefficient (Wildman–Crippen LogP) is 7.49. The highest BCUT2D eigenvalue weighted by molar-refractivity contribution is 7.13. The van der Waals surface area contributed by atoms with Crippen molar-refractivity contribution < 1.29 is 47.4 Å². The summed E-state index contributed by atoms with van der Waals surface area (Å²) in [4.78, 5) is 59.3. The molecule has 2 heterocycles. The van der Waals surface area contributed by atoms with Crippen LogP contribution in [0.2, 0.25) is 0 Å². The van der Waals surface area contributed by atoms with Crippen molar-refractivity contribution in [1.29, 1.82) is 0 Å². The molecule has 0 radical (unpaired) electrons. The number of aromatic nitrogens is 1. The number of carbonyl (C=O) groups excluding carboxylic acids is 4. The summed E-state index contributed by atoms with van der Waals surface area (Å²) in [5.74, 6) is -0.423. The van der Waals surface area contributed by atoms with Gasteiger partial charge >= 0.3 is 25.3 Å². The Morgan fingerprint density at radius 3 is 2.29 bits per heavy atom. The first-order valence-electron chi connectivity index (χ1n) is 19.5. The van der Waals surface area contributed by atoms with Crippen molar-refractivity contribution in [3.63, 3.8) is 0 Å². The lowest BCUT2D eigenvalue weighted by molar-refractivity contribution is -0.199. The summed E-state index contributed by atoms with van der Waals surface area (Å²) in [7, 11) is 0.382. The van der Waals surface area contributed by atoms with E-state index in [4.69, 9.17) is 28.3 Å². The Morgan fingerprint density at radius 1 is 0.948 bits per heavy atom. The zero-order valence-corrected chi connectivity index (χ0v) is 35.7. The maximum absolute atomic E-state index is 14.9. The number of ether oxygens (including phenoxy) is 4. The predicted molar refractivity (Wildman–Crippen MR) is 218 cm³/mol. The van der Waals surface area contributed by atoms with Crippen molar-refractivity contribution in [3.8, 4) is 5.75 Å². The summed E-state index contributed by atoms with van der Waals surface area (Å²) in [6, 6.07) is 14.5. The molecule has 7 rings (SSSR count). The first-order valence-corrected chi connectivity index (χ1v) is 20.4. The second kappa shape index (κ2) is 16.2. The van der Waals surface area contributed by atoms with Crippen molar-refractivity contribution in [2.24, 2.45) is 22.7 Å². The summed E-state index contributed by atoms with van der Waals surface area (Å²) in [6.45, 7) is 17.0. The molecule has 3 aromatic rings. The average molecular weight is 819 g/mol. The molecule has 0 spiro atoms. The molecule has 3 N–H and O–H groups in total. The zero-order valence-electron chi connectivity index (χ0n) is 34.9. The maximum atomic E-state index is 14.9. The van der Waals surface area contributed by atoms with Crippen LogP contribution in [0.5, 0.6) is 5.75 Å². The van der Waals surface area contributed by atoms with Crippen LogP contribution in [0, 0.1) is 22.7 Å². The van der Waals surface area contributed by atoms with Crippen LogP contribution in [0.4, 0.5) is 14.7 Å². The molecule has 1 aromatic heterocycles. The van der Waals surface area contributed by atoms with E-state index in [9.17, 15) is 19.2 Å². The number of hydrogen-bond acceptors (Lipinski definition) is 12. The smallest absolute Gasteiger partial charge is 0.489 e. The number of thiazole rings is 1. The highest BCUT2D eigenvalue weighted by Crippen LogP contribution is 2.66. The Balaban J connectivity index is 1.33. The van der Waals surface area contributed by atoms with Gasteiger partial charge in [-0.25, -0.2) is 19.4 Å². The van der Waals surface area contributed by atoms with Crippen LogP contribution >= 0.6 is 11.3 Å². The third kappa shape index (κ3) is 8.69. The van der Waals surface area contributed by atoms with Crippen molar-refractivity contribution in [1.82, 2.24) is 15.6 Å². The molecule has 2 bridgehead atoms. The second-order valence-corrected chi connectivity index (χ2v) is 19.0. The van der Waals surface area contributed by atoms with Gasteiger partial charge in [-0.3, -0.25) is 10.1 Å². The molecule has 312 valence electrons. The van der Waals surface area contributed by atoms with Crippen molar-refractivity contribution in [3.05, 3.63) is 76.8 Å². The van der Waals surface area contributed by atoms with E-state index in [2.05, 4.69) is 41.7 Å². The van der Waals surface area contributed by atoms with Crippen LogP contribution in [-0.2, 0) is 34.9 Å². The zero-order chi connectivity index (χ0) is 42.3. The number of para-hydroxylation sites is 1. The monoisotopic (exact) mass is 818 g/mol. The van der Waals surface area contributed by atoms with Gasteiger partial charge in [0, 0.05) is 5.38 Å². The lowest BCUT2D eigenvalue weighted by Crippen LogP contribution is -2.71. The van der Waals surface area contributed by atoms with Gasteiger partial charge in [0.25, 0.3) is 0 Å². The van der Waals surface area contributed by atoms with Gasteiger partial charge in [0.1, 0.15) is 35.6 Å². The number of amides is 3. The molecular weight excluding hydrogens is 763 g/mol. The van der Waals surface area contributed by atoms with Crippen LogP contribution in [-0.4, -0.2) is 72.6 Å². The number of anilines is 1. The van der Waals surface area contributed by atoms with Crippen molar-refractivity contribution >= 4 is 47.6 Å². The van der Waals surface area contributed by atoms with Gasteiger partial charge < -0.3 is 38.9 Å². The Kier molecular flexibility index (Phi) is 12.0. The van der Waals surface area contributed by atoms with E-state index in [1.165, 1.54) is 7.11 Å². The molecule has 1 aliphatic heterocycles. The Morgan fingerprint density at radius 2 is 1.64 bits per heavy atom. The summed E-state index contributed by atoms with van der Waals surface area (Å²) >= 11 is 1.04. The highest BCUT2D eigenvalue weighted by atomic mass is 32.1. The molecule has 4 aliphatic rings. The lowest BCUT2D eigenvalue weighted by atomic mass is 9.43. The molecule has 3 amide bonds. The number of hydrogen-bond donors (Lipinski definition) is 3. The normalized spacial score (nSPS) is 23.6. The van der Waals surface area contributed by atoms with E-state index < -0.39 is 59.3 Å². The molecule has 2 unspecified atom stereocenters.